The normalized spacial score (nSPS) is 10.9. The molecule has 0 aliphatic rings. The zero-order chi connectivity index (χ0) is 19.0. The van der Waals surface area contributed by atoms with Crippen molar-refractivity contribution in [3.8, 4) is 28.5 Å². The van der Waals surface area contributed by atoms with Crippen molar-refractivity contribution in [3.05, 3.63) is 71.8 Å². The summed E-state index contributed by atoms with van der Waals surface area (Å²) in [4.78, 5) is 16.3. The lowest BCUT2D eigenvalue weighted by molar-refractivity contribution is 0.0699. The van der Waals surface area contributed by atoms with Crippen molar-refractivity contribution < 1.29 is 19.1 Å². The van der Waals surface area contributed by atoms with Gasteiger partial charge in [0.15, 0.2) is 5.76 Å². The van der Waals surface area contributed by atoms with Crippen LogP contribution in [0.15, 0.2) is 65.1 Å². The van der Waals surface area contributed by atoms with E-state index in [0.717, 1.165) is 16.9 Å². The Morgan fingerprint density at radius 1 is 1.00 bits per heavy atom. The summed E-state index contributed by atoms with van der Waals surface area (Å²) in [7, 11) is 1.62. The van der Waals surface area contributed by atoms with Crippen molar-refractivity contribution >= 4 is 16.9 Å². The van der Waals surface area contributed by atoms with Crippen molar-refractivity contribution in [2.45, 2.75) is 6.92 Å². The zero-order valence-corrected chi connectivity index (χ0v) is 14.9. The van der Waals surface area contributed by atoms with Crippen LogP contribution in [0.1, 0.15) is 15.9 Å². The van der Waals surface area contributed by atoms with E-state index in [1.54, 1.807) is 19.2 Å². The molecule has 2 aromatic carbocycles. The largest absolute Gasteiger partial charge is 0.497 e. The average Bonchev–Trinajstić information content (AvgIpc) is 3.17. The van der Waals surface area contributed by atoms with Crippen molar-refractivity contribution in [2.75, 3.05) is 7.11 Å². The molecule has 0 saturated carbocycles. The number of nitrogens with zero attached hydrogens (tertiary/aromatic N) is 1. The van der Waals surface area contributed by atoms with Crippen molar-refractivity contribution in [3.63, 3.8) is 0 Å². The highest BCUT2D eigenvalue weighted by Gasteiger charge is 2.15. The number of benzene rings is 2. The first kappa shape index (κ1) is 16.8. The van der Waals surface area contributed by atoms with Crippen molar-refractivity contribution in [1.29, 1.82) is 0 Å². The Labute approximate surface area is 155 Å². The number of aromatic nitrogens is 1. The maximum atomic E-state index is 11.7. The Balaban J connectivity index is 1.79. The number of hydrogen-bond acceptors (Lipinski definition) is 4. The van der Waals surface area contributed by atoms with E-state index in [1.807, 2.05) is 55.5 Å². The summed E-state index contributed by atoms with van der Waals surface area (Å²) in [5.41, 5.74) is 3.21. The second-order valence-corrected chi connectivity index (χ2v) is 6.27. The molecule has 0 fully saturated rings. The van der Waals surface area contributed by atoms with Gasteiger partial charge in [-0.25, -0.2) is 9.78 Å². The highest BCUT2D eigenvalue weighted by Crippen LogP contribution is 2.31. The third-order valence-electron chi connectivity index (χ3n) is 4.43. The van der Waals surface area contributed by atoms with Gasteiger partial charge in [0.25, 0.3) is 0 Å². The summed E-state index contributed by atoms with van der Waals surface area (Å²) in [6, 6.07) is 18.3. The van der Waals surface area contributed by atoms with Gasteiger partial charge in [-0.15, -0.1) is 0 Å². The molecule has 2 aromatic heterocycles. The SMILES string of the molecule is COc1ccc(-c2ccc(-c3cc(C(=O)O)c4cc(C)ccc4n3)o2)cc1. The molecule has 0 atom stereocenters. The molecule has 5 heteroatoms. The number of pyridine rings is 1. The van der Waals surface area contributed by atoms with Crippen molar-refractivity contribution in [2.24, 2.45) is 0 Å². The second kappa shape index (κ2) is 6.61. The molecule has 4 aromatic rings. The number of hydrogen-bond donors (Lipinski definition) is 1. The number of carboxylic acid groups (broad SMARTS) is 1. The number of aryl methyl sites for hydroxylation is 1. The van der Waals surface area contributed by atoms with Gasteiger partial charge < -0.3 is 14.3 Å². The fourth-order valence-corrected chi connectivity index (χ4v) is 3.03. The van der Waals surface area contributed by atoms with Gasteiger partial charge in [-0.1, -0.05) is 11.6 Å². The Kier molecular flexibility index (Phi) is 4.12. The first-order valence-corrected chi connectivity index (χ1v) is 8.44. The van der Waals surface area contributed by atoms with E-state index in [1.165, 1.54) is 0 Å². The van der Waals surface area contributed by atoms with Crippen LogP contribution in [0.2, 0.25) is 0 Å². The van der Waals surface area contributed by atoms with Crippen LogP contribution in [0.5, 0.6) is 5.75 Å². The number of aromatic carboxylic acids is 1. The molecule has 0 bridgehead atoms. The minimum absolute atomic E-state index is 0.209. The van der Waals surface area contributed by atoms with E-state index in [2.05, 4.69) is 4.98 Å². The van der Waals surface area contributed by atoms with Gasteiger partial charge >= 0.3 is 5.97 Å². The third-order valence-corrected chi connectivity index (χ3v) is 4.43. The number of carboxylic acids is 1. The van der Waals surface area contributed by atoms with E-state index in [9.17, 15) is 9.90 Å². The Hall–Kier alpha value is -3.60. The van der Waals surface area contributed by atoms with Gasteiger partial charge in [0.2, 0.25) is 0 Å². The van der Waals surface area contributed by atoms with Gasteiger partial charge in [0.1, 0.15) is 17.2 Å². The smallest absolute Gasteiger partial charge is 0.336 e. The second-order valence-electron chi connectivity index (χ2n) is 6.27. The maximum absolute atomic E-state index is 11.7. The molecule has 0 amide bonds. The van der Waals surface area contributed by atoms with Crippen LogP contribution in [0.4, 0.5) is 0 Å². The summed E-state index contributed by atoms with van der Waals surface area (Å²) in [5, 5.41) is 10.2. The van der Waals surface area contributed by atoms with Gasteiger partial charge in [-0.3, -0.25) is 0 Å². The van der Waals surface area contributed by atoms with Crippen LogP contribution >= 0.6 is 0 Å². The minimum atomic E-state index is -0.990. The summed E-state index contributed by atoms with van der Waals surface area (Å²) in [6.45, 7) is 1.92. The lowest BCUT2D eigenvalue weighted by Gasteiger charge is -2.06. The van der Waals surface area contributed by atoms with E-state index in [4.69, 9.17) is 9.15 Å². The topological polar surface area (TPSA) is 72.6 Å². The van der Waals surface area contributed by atoms with E-state index >= 15 is 0 Å². The summed E-state index contributed by atoms with van der Waals surface area (Å²) in [6.07, 6.45) is 0. The predicted molar refractivity (Wildman–Crippen MR) is 103 cm³/mol. The first-order chi connectivity index (χ1) is 13.0. The molecule has 0 aliphatic heterocycles. The van der Waals surface area contributed by atoms with Crippen LogP contribution in [0.25, 0.3) is 33.7 Å². The van der Waals surface area contributed by atoms with Crippen LogP contribution < -0.4 is 4.74 Å². The number of ether oxygens (including phenoxy) is 1. The minimum Gasteiger partial charge on any atom is -0.497 e. The van der Waals surface area contributed by atoms with Crippen molar-refractivity contribution in [1.82, 2.24) is 4.98 Å². The highest BCUT2D eigenvalue weighted by atomic mass is 16.5. The fourth-order valence-electron chi connectivity index (χ4n) is 3.03. The lowest BCUT2D eigenvalue weighted by atomic mass is 10.0. The molecule has 0 unspecified atom stereocenters. The van der Waals surface area contributed by atoms with Crippen LogP contribution in [-0.4, -0.2) is 23.2 Å². The van der Waals surface area contributed by atoms with Gasteiger partial charge in [0, 0.05) is 10.9 Å². The molecule has 5 nitrogen and oxygen atoms in total. The van der Waals surface area contributed by atoms with E-state index in [0.29, 0.717) is 28.1 Å². The summed E-state index contributed by atoms with van der Waals surface area (Å²) in [5.74, 6) is 0.973. The quantitative estimate of drug-likeness (QED) is 0.544. The Bertz CT molecular complexity index is 1140. The maximum Gasteiger partial charge on any atom is 0.336 e. The Morgan fingerprint density at radius 2 is 1.74 bits per heavy atom. The molecular weight excluding hydrogens is 342 g/mol. The number of furan rings is 1. The third kappa shape index (κ3) is 3.15. The molecule has 0 spiro atoms. The number of rotatable bonds is 4. The molecule has 2 heterocycles. The molecular formula is C22H17NO4. The fraction of sp³-hybridized carbons (Fsp3) is 0.0909. The molecule has 1 N–H and O–H groups in total. The number of methoxy groups -OCH3 is 1. The molecule has 134 valence electrons. The summed E-state index contributed by atoms with van der Waals surface area (Å²) < 4.78 is 11.1. The molecule has 4 rings (SSSR count). The van der Waals surface area contributed by atoms with E-state index in [-0.39, 0.29) is 5.56 Å². The van der Waals surface area contributed by atoms with Gasteiger partial charge in [-0.05, 0) is 61.5 Å². The predicted octanol–water partition coefficient (Wildman–Crippen LogP) is 5.18. The number of fused-ring (bicyclic) bond motifs is 1. The van der Waals surface area contributed by atoms with Gasteiger partial charge in [-0.2, -0.15) is 0 Å². The monoisotopic (exact) mass is 359 g/mol. The number of carbonyl (C=O) groups is 1. The Morgan fingerprint density at radius 3 is 2.44 bits per heavy atom. The summed E-state index contributed by atoms with van der Waals surface area (Å²) >= 11 is 0. The van der Waals surface area contributed by atoms with Gasteiger partial charge in [0.05, 0.1) is 18.2 Å². The lowest BCUT2D eigenvalue weighted by Crippen LogP contribution is -2.00. The zero-order valence-electron chi connectivity index (χ0n) is 14.9. The molecule has 0 radical (unpaired) electrons. The molecule has 0 saturated heterocycles. The van der Waals surface area contributed by atoms with Crippen LogP contribution in [0.3, 0.4) is 0 Å². The standard InChI is InChI=1S/C22H17NO4/c1-13-3-8-18-16(11-13)17(22(24)25)12-19(23-18)21-10-9-20(27-21)14-4-6-15(26-2)7-5-14/h3-12H,1-2H3,(H,24,25). The van der Waals surface area contributed by atoms with E-state index < -0.39 is 5.97 Å². The molecule has 0 aliphatic carbocycles. The molecule has 27 heavy (non-hydrogen) atoms. The van der Waals surface area contributed by atoms with Crippen LogP contribution in [-0.2, 0) is 0 Å². The first-order valence-electron chi connectivity index (χ1n) is 8.44. The van der Waals surface area contributed by atoms with Crippen LogP contribution in [0, 0.1) is 6.92 Å². The highest BCUT2D eigenvalue weighted by molar-refractivity contribution is 6.03. The average molecular weight is 359 g/mol.